The minimum absolute atomic E-state index is 0. The minimum Gasteiger partial charge on any atom is -0.270 e. The van der Waals surface area contributed by atoms with E-state index in [2.05, 4.69) is 25.2 Å². The molecule has 60 valence electrons. The van der Waals surface area contributed by atoms with Crippen LogP contribution in [-0.4, -0.2) is 0 Å². The van der Waals surface area contributed by atoms with E-state index in [0.29, 0.717) is 0 Å². The predicted molar refractivity (Wildman–Crippen MR) is 47.9 cm³/mol. The number of rotatable bonds is 0. The van der Waals surface area contributed by atoms with E-state index in [4.69, 9.17) is 0 Å². The van der Waals surface area contributed by atoms with Gasteiger partial charge in [-0.25, -0.2) is 11.6 Å². The van der Waals surface area contributed by atoms with Crippen molar-refractivity contribution in [2.45, 2.75) is 13.3 Å². The van der Waals surface area contributed by atoms with E-state index in [1.54, 1.807) is 0 Å². The molecule has 10 heavy (non-hydrogen) atoms. The average molecular weight is 367 g/mol. The van der Waals surface area contributed by atoms with Crippen molar-refractivity contribution in [3.8, 4) is 0 Å². The summed E-state index contributed by atoms with van der Waals surface area (Å²) in [5.41, 5.74) is 1.27. The molecule has 0 aliphatic heterocycles. The molecule has 0 saturated heterocycles. The molecular formula is C6H10Cl3Hf-. The third-order valence-corrected chi connectivity index (χ3v) is 0.867. The summed E-state index contributed by atoms with van der Waals surface area (Å²) >= 11 is 0. The summed E-state index contributed by atoms with van der Waals surface area (Å²) in [6, 6.07) is 0. The maximum atomic E-state index is 3.12. The van der Waals surface area contributed by atoms with Gasteiger partial charge in [-0.3, -0.25) is 6.08 Å². The Labute approximate surface area is 99.5 Å². The summed E-state index contributed by atoms with van der Waals surface area (Å²) < 4.78 is 0. The second-order valence-corrected chi connectivity index (χ2v) is 1.47. The molecule has 0 fully saturated rings. The quantitative estimate of drug-likeness (QED) is 0.456. The van der Waals surface area contributed by atoms with Gasteiger partial charge in [0.1, 0.15) is 0 Å². The van der Waals surface area contributed by atoms with E-state index in [9.17, 15) is 0 Å². The molecule has 1 rings (SSSR count). The fourth-order valence-electron chi connectivity index (χ4n) is 0.515. The topological polar surface area (TPSA) is 0 Å². The van der Waals surface area contributed by atoms with Crippen molar-refractivity contribution in [2.75, 3.05) is 0 Å². The Bertz CT molecular complexity index is 107. The van der Waals surface area contributed by atoms with Crippen LogP contribution >= 0.6 is 37.2 Å². The van der Waals surface area contributed by atoms with Crippen molar-refractivity contribution >= 4 is 37.2 Å². The van der Waals surface area contributed by atoms with Gasteiger partial charge in [-0.1, -0.05) is 6.92 Å². The summed E-state index contributed by atoms with van der Waals surface area (Å²) in [6.45, 7) is 2.06. The summed E-state index contributed by atoms with van der Waals surface area (Å²) in [7, 11) is 0. The Morgan fingerprint density at radius 3 is 1.90 bits per heavy atom. The molecule has 0 nitrogen and oxygen atoms in total. The molecule has 0 atom stereocenters. The second kappa shape index (κ2) is 12.9. The zero-order valence-corrected chi connectivity index (χ0v) is 11.6. The molecule has 1 aliphatic carbocycles. The van der Waals surface area contributed by atoms with Gasteiger partial charge in [0.2, 0.25) is 0 Å². The van der Waals surface area contributed by atoms with Gasteiger partial charge in [-0.05, 0) is 0 Å². The zero-order valence-electron chi connectivity index (χ0n) is 5.59. The zero-order chi connectivity index (χ0) is 4.41. The first kappa shape index (κ1) is 22.5. The molecule has 1 aliphatic rings. The Kier molecular flexibility index (Phi) is 28.9. The van der Waals surface area contributed by atoms with Crippen LogP contribution in [0.15, 0.2) is 17.7 Å². The molecule has 0 heterocycles. The van der Waals surface area contributed by atoms with E-state index in [0.717, 1.165) is 6.42 Å². The molecular weight excluding hydrogens is 357 g/mol. The van der Waals surface area contributed by atoms with Crippen molar-refractivity contribution in [3.63, 3.8) is 0 Å². The Morgan fingerprint density at radius 2 is 1.80 bits per heavy atom. The molecule has 0 aromatic rings. The first-order chi connectivity index (χ1) is 2.89. The van der Waals surface area contributed by atoms with Crippen LogP contribution in [0.2, 0.25) is 0 Å². The maximum Gasteiger partial charge on any atom is 0 e. The van der Waals surface area contributed by atoms with Gasteiger partial charge < -0.3 is 0 Å². The van der Waals surface area contributed by atoms with Crippen molar-refractivity contribution in [1.82, 2.24) is 0 Å². The second-order valence-electron chi connectivity index (χ2n) is 1.47. The predicted octanol–water partition coefficient (Wildman–Crippen LogP) is 2.96. The summed E-state index contributed by atoms with van der Waals surface area (Å²) in [5, 5.41) is 0. The largest absolute Gasteiger partial charge is 0.270 e. The monoisotopic (exact) mass is 367 g/mol. The van der Waals surface area contributed by atoms with Crippen LogP contribution in [0.3, 0.4) is 0 Å². The third kappa shape index (κ3) is 9.22. The van der Waals surface area contributed by atoms with Crippen LogP contribution in [0.5, 0.6) is 0 Å². The molecule has 0 radical (unpaired) electrons. The maximum absolute atomic E-state index is 3.12. The molecule has 0 N–H and O–H groups in total. The Balaban J connectivity index is -0.0000000450. The van der Waals surface area contributed by atoms with Crippen LogP contribution in [0, 0.1) is 6.08 Å². The SMILES string of the molecule is CC1=[C-]CC=C1.Cl.Cl.Cl.[Hf]. The average Bonchev–Trinajstić information content (AvgIpc) is 1.86. The van der Waals surface area contributed by atoms with Crippen molar-refractivity contribution in [3.05, 3.63) is 23.8 Å². The summed E-state index contributed by atoms with van der Waals surface area (Å²) in [6.07, 6.45) is 8.33. The van der Waals surface area contributed by atoms with Gasteiger partial charge in [0, 0.05) is 25.8 Å². The Hall–Kier alpha value is 1.22. The summed E-state index contributed by atoms with van der Waals surface area (Å²) in [4.78, 5) is 0. The molecule has 0 unspecified atom stereocenters. The fourth-order valence-corrected chi connectivity index (χ4v) is 0.515. The van der Waals surface area contributed by atoms with Crippen LogP contribution in [0.1, 0.15) is 13.3 Å². The van der Waals surface area contributed by atoms with Crippen molar-refractivity contribution in [2.24, 2.45) is 0 Å². The molecule has 0 aromatic carbocycles. The standard InChI is InChI=1S/C6H7.3ClH.Hf/c1-6-4-2-3-5-6;;;;/h2,4H,3H2,1H3;3*1H;/q-1;;;;. The van der Waals surface area contributed by atoms with Gasteiger partial charge in [0.05, 0.1) is 0 Å². The van der Waals surface area contributed by atoms with Crippen LogP contribution in [-0.2, 0) is 25.8 Å². The van der Waals surface area contributed by atoms with Crippen molar-refractivity contribution < 1.29 is 25.8 Å². The van der Waals surface area contributed by atoms with E-state index >= 15 is 0 Å². The summed E-state index contributed by atoms with van der Waals surface area (Å²) in [5.74, 6) is 0. The van der Waals surface area contributed by atoms with Crippen molar-refractivity contribution in [1.29, 1.82) is 0 Å². The fraction of sp³-hybridized carbons (Fsp3) is 0.333. The Morgan fingerprint density at radius 1 is 1.30 bits per heavy atom. The van der Waals surface area contributed by atoms with Gasteiger partial charge in [0.15, 0.2) is 0 Å². The molecule has 0 bridgehead atoms. The van der Waals surface area contributed by atoms with Gasteiger partial charge in [-0.2, -0.15) is 6.08 Å². The van der Waals surface area contributed by atoms with Crippen LogP contribution in [0.4, 0.5) is 0 Å². The molecule has 0 saturated carbocycles. The van der Waals surface area contributed by atoms with E-state index in [1.165, 1.54) is 5.57 Å². The first-order valence-corrected chi connectivity index (χ1v) is 2.13. The smallest absolute Gasteiger partial charge is 0 e. The van der Waals surface area contributed by atoms with E-state index in [1.807, 2.05) is 0 Å². The number of hydrogen-bond donors (Lipinski definition) is 0. The normalized spacial score (nSPS) is 11.1. The van der Waals surface area contributed by atoms with Gasteiger partial charge >= 0.3 is 0 Å². The van der Waals surface area contributed by atoms with Gasteiger partial charge in [0.25, 0.3) is 0 Å². The molecule has 0 amide bonds. The van der Waals surface area contributed by atoms with E-state index < -0.39 is 0 Å². The number of allylic oxidation sites excluding steroid dienone is 4. The van der Waals surface area contributed by atoms with E-state index in [-0.39, 0.29) is 63.1 Å². The first-order valence-electron chi connectivity index (χ1n) is 2.13. The van der Waals surface area contributed by atoms with Crippen LogP contribution < -0.4 is 0 Å². The molecule has 0 aromatic heterocycles. The third-order valence-electron chi connectivity index (χ3n) is 0.867. The van der Waals surface area contributed by atoms with Gasteiger partial charge in [-0.15, -0.1) is 43.6 Å². The van der Waals surface area contributed by atoms with Crippen LogP contribution in [0.25, 0.3) is 0 Å². The molecule has 0 spiro atoms. The number of hydrogen-bond acceptors (Lipinski definition) is 0. The minimum atomic E-state index is 0. The number of halogens is 3. The molecule has 4 heteroatoms.